The maximum Gasteiger partial charge on any atom is 0.243 e. The predicted molar refractivity (Wildman–Crippen MR) is 125 cm³/mol. The molecule has 5 aromatic rings. The van der Waals surface area contributed by atoms with Crippen molar-refractivity contribution in [1.82, 2.24) is 24.5 Å². The molecular formula is C23H20N6O2S. The molecule has 0 radical (unpaired) electrons. The van der Waals surface area contributed by atoms with Crippen molar-refractivity contribution in [2.75, 3.05) is 19.4 Å². The number of rotatable bonds is 5. The molecule has 0 fully saturated rings. The highest BCUT2D eigenvalue weighted by Crippen LogP contribution is 2.32. The van der Waals surface area contributed by atoms with Crippen molar-refractivity contribution in [1.29, 1.82) is 0 Å². The highest BCUT2D eigenvalue weighted by molar-refractivity contribution is 7.89. The lowest BCUT2D eigenvalue weighted by atomic mass is 10.1. The summed E-state index contributed by atoms with van der Waals surface area (Å²) in [5.41, 5.74) is 2.02. The summed E-state index contributed by atoms with van der Waals surface area (Å²) in [4.78, 5) is 9.55. The maximum atomic E-state index is 12.9. The Labute approximate surface area is 185 Å². The lowest BCUT2D eigenvalue weighted by Crippen LogP contribution is -2.23. The third-order valence-electron chi connectivity index (χ3n) is 5.20. The molecule has 3 aromatic carbocycles. The number of benzene rings is 3. The van der Waals surface area contributed by atoms with Crippen molar-refractivity contribution >= 4 is 43.5 Å². The van der Waals surface area contributed by atoms with Gasteiger partial charge < -0.3 is 5.32 Å². The van der Waals surface area contributed by atoms with Crippen molar-refractivity contribution in [3.05, 3.63) is 72.8 Å². The summed E-state index contributed by atoms with van der Waals surface area (Å²) in [5, 5.41) is 12.4. The molecule has 0 amide bonds. The van der Waals surface area contributed by atoms with Gasteiger partial charge in [-0.3, -0.25) is 5.10 Å². The van der Waals surface area contributed by atoms with Gasteiger partial charge in [-0.05, 0) is 36.4 Å². The average molecular weight is 445 g/mol. The number of sulfonamides is 1. The molecule has 2 N–H and O–H groups in total. The molecule has 0 spiro atoms. The van der Waals surface area contributed by atoms with Crippen LogP contribution in [0.4, 0.5) is 11.6 Å². The van der Waals surface area contributed by atoms with Crippen LogP contribution in [-0.4, -0.2) is 47.0 Å². The molecule has 0 aliphatic heterocycles. The molecule has 0 atom stereocenters. The fourth-order valence-electron chi connectivity index (χ4n) is 3.54. The van der Waals surface area contributed by atoms with Crippen molar-refractivity contribution in [2.24, 2.45) is 0 Å². The first-order valence-corrected chi connectivity index (χ1v) is 11.4. The number of H-pyrrole nitrogens is 1. The van der Waals surface area contributed by atoms with E-state index in [1.54, 1.807) is 24.3 Å². The quantitative estimate of drug-likeness (QED) is 0.422. The molecule has 0 aliphatic rings. The van der Waals surface area contributed by atoms with Crippen LogP contribution < -0.4 is 5.32 Å². The minimum absolute atomic E-state index is 0.149. The van der Waals surface area contributed by atoms with Gasteiger partial charge in [0.2, 0.25) is 10.0 Å². The average Bonchev–Trinajstić information content (AvgIpc) is 3.22. The first-order chi connectivity index (χ1) is 15.4. The van der Waals surface area contributed by atoms with Crippen LogP contribution in [0.3, 0.4) is 0 Å². The van der Waals surface area contributed by atoms with Crippen molar-refractivity contribution in [3.63, 3.8) is 0 Å². The first kappa shape index (κ1) is 20.1. The molecule has 5 rings (SSSR count). The fourth-order valence-corrected chi connectivity index (χ4v) is 4.62. The largest absolute Gasteiger partial charge is 0.322 e. The minimum atomic E-state index is -3.68. The van der Waals surface area contributed by atoms with Crippen LogP contribution in [0.5, 0.6) is 0 Å². The summed E-state index contributed by atoms with van der Waals surface area (Å²) in [6, 6.07) is 22.1. The van der Waals surface area contributed by atoms with E-state index < -0.39 is 10.0 Å². The number of anilines is 2. The molecule has 0 aliphatic carbocycles. The SMILES string of the molecule is CN(C)S(=O)(=O)c1ccccc1-c1nc(Nc2n[nH]c3ccccc23)c2ccccc2n1. The minimum Gasteiger partial charge on any atom is -0.322 e. The highest BCUT2D eigenvalue weighted by Gasteiger charge is 2.23. The smallest absolute Gasteiger partial charge is 0.243 e. The van der Waals surface area contributed by atoms with Gasteiger partial charge in [-0.2, -0.15) is 5.10 Å². The number of hydrogen-bond donors (Lipinski definition) is 2. The Balaban J connectivity index is 1.71. The molecule has 2 heterocycles. The van der Waals surface area contributed by atoms with Crippen LogP contribution in [0.15, 0.2) is 77.7 Å². The molecule has 160 valence electrons. The number of hydrogen-bond acceptors (Lipinski definition) is 6. The van der Waals surface area contributed by atoms with Gasteiger partial charge in [-0.25, -0.2) is 22.7 Å². The third-order valence-corrected chi connectivity index (χ3v) is 7.07. The number of nitrogens with zero attached hydrogens (tertiary/aromatic N) is 4. The van der Waals surface area contributed by atoms with Gasteiger partial charge in [0.15, 0.2) is 11.6 Å². The maximum absolute atomic E-state index is 12.9. The van der Waals surface area contributed by atoms with Gasteiger partial charge in [0.25, 0.3) is 0 Å². The third kappa shape index (κ3) is 3.37. The van der Waals surface area contributed by atoms with Crippen LogP contribution in [0.2, 0.25) is 0 Å². The zero-order valence-electron chi connectivity index (χ0n) is 17.4. The van der Waals surface area contributed by atoms with E-state index in [4.69, 9.17) is 4.98 Å². The molecule has 0 saturated heterocycles. The summed E-state index contributed by atoms with van der Waals surface area (Å²) in [7, 11) is -0.679. The Morgan fingerprint density at radius 1 is 0.812 bits per heavy atom. The topological polar surface area (TPSA) is 104 Å². The summed E-state index contributed by atoms with van der Waals surface area (Å²) < 4.78 is 27.0. The van der Waals surface area contributed by atoms with Crippen LogP contribution in [0.1, 0.15) is 0 Å². The lowest BCUT2D eigenvalue weighted by molar-refractivity contribution is 0.521. The molecular weight excluding hydrogens is 424 g/mol. The van der Waals surface area contributed by atoms with Crippen LogP contribution in [0.25, 0.3) is 33.2 Å². The van der Waals surface area contributed by atoms with E-state index in [1.165, 1.54) is 18.4 Å². The molecule has 0 unspecified atom stereocenters. The van der Waals surface area contributed by atoms with E-state index >= 15 is 0 Å². The fraction of sp³-hybridized carbons (Fsp3) is 0.0870. The first-order valence-electron chi connectivity index (χ1n) is 9.94. The van der Waals surface area contributed by atoms with Gasteiger partial charge in [0.05, 0.1) is 15.9 Å². The van der Waals surface area contributed by atoms with Gasteiger partial charge >= 0.3 is 0 Å². The Bertz CT molecular complexity index is 1560. The van der Waals surface area contributed by atoms with Crippen molar-refractivity contribution < 1.29 is 8.42 Å². The second-order valence-electron chi connectivity index (χ2n) is 7.44. The number of nitrogens with one attached hydrogen (secondary N) is 2. The van der Waals surface area contributed by atoms with Gasteiger partial charge in [-0.1, -0.05) is 36.4 Å². The molecule has 32 heavy (non-hydrogen) atoms. The molecule has 0 bridgehead atoms. The molecule has 9 heteroatoms. The van der Waals surface area contributed by atoms with E-state index in [0.717, 1.165) is 16.3 Å². The number of para-hydroxylation sites is 2. The standard InChI is InChI=1S/C23H20N6O2S/c1-29(2)32(30,31)20-14-8-5-11-17(20)22-24-18-12-6-3-9-15(18)21(25-22)26-23-16-10-4-7-13-19(16)27-28-23/h3-14H,1-2H3,(H2,24,25,26,27,28). The van der Waals surface area contributed by atoms with Gasteiger partial charge in [0, 0.05) is 30.4 Å². The van der Waals surface area contributed by atoms with Gasteiger partial charge in [0.1, 0.15) is 5.82 Å². The van der Waals surface area contributed by atoms with E-state index in [9.17, 15) is 8.42 Å². The Kier molecular flexibility index (Phi) is 4.84. The van der Waals surface area contributed by atoms with Crippen LogP contribution in [-0.2, 0) is 10.0 Å². The van der Waals surface area contributed by atoms with Gasteiger partial charge in [-0.15, -0.1) is 0 Å². The Hall–Kier alpha value is -3.82. The number of fused-ring (bicyclic) bond motifs is 2. The van der Waals surface area contributed by atoms with E-state index in [0.29, 0.717) is 28.5 Å². The lowest BCUT2D eigenvalue weighted by Gasteiger charge is -2.15. The number of aromatic nitrogens is 4. The second kappa shape index (κ2) is 7.70. The monoisotopic (exact) mass is 444 g/mol. The zero-order chi connectivity index (χ0) is 22.3. The van der Waals surface area contributed by atoms with E-state index in [-0.39, 0.29) is 4.90 Å². The number of aromatic amines is 1. The Morgan fingerprint density at radius 2 is 1.50 bits per heavy atom. The second-order valence-corrected chi connectivity index (χ2v) is 9.56. The molecule has 0 saturated carbocycles. The summed E-state index contributed by atoms with van der Waals surface area (Å²) in [6.07, 6.45) is 0. The summed E-state index contributed by atoms with van der Waals surface area (Å²) in [5.74, 6) is 1.48. The molecule has 2 aromatic heterocycles. The van der Waals surface area contributed by atoms with Crippen LogP contribution >= 0.6 is 0 Å². The highest BCUT2D eigenvalue weighted by atomic mass is 32.2. The van der Waals surface area contributed by atoms with Crippen LogP contribution in [0, 0.1) is 0 Å². The zero-order valence-corrected chi connectivity index (χ0v) is 18.3. The van der Waals surface area contributed by atoms with Crippen molar-refractivity contribution in [3.8, 4) is 11.4 Å². The van der Waals surface area contributed by atoms with E-state index in [2.05, 4.69) is 20.5 Å². The normalized spacial score (nSPS) is 12.0. The Morgan fingerprint density at radius 3 is 2.31 bits per heavy atom. The summed E-state index contributed by atoms with van der Waals surface area (Å²) >= 11 is 0. The summed E-state index contributed by atoms with van der Waals surface area (Å²) in [6.45, 7) is 0. The molecule has 8 nitrogen and oxygen atoms in total. The van der Waals surface area contributed by atoms with Crippen molar-refractivity contribution in [2.45, 2.75) is 4.90 Å². The van der Waals surface area contributed by atoms with E-state index in [1.807, 2.05) is 48.5 Å². The predicted octanol–water partition coefficient (Wildman–Crippen LogP) is 4.17.